The summed E-state index contributed by atoms with van der Waals surface area (Å²) in [5.41, 5.74) is 4.64. The van der Waals surface area contributed by atoms with Crippen molar-refractivity contribution in [3.8, 4) is 23.0 Å². The molecule has 0 amide bonds. The van der Waals surface area contributed by atoms with Crippen LogP contribution < -0.4 is 4.74 Å². The summed E-state index contributed by atoms with van der Waals surface area (Å²) >= 11 is 0. The van der Waals surface area contributed by atoms with Crippen LogP contribution in [0.4, 0.5) is 5.69 Å². The van der Waals surface area contributed by atoms with Crippen molar-refractivity contribution < 1.29 is 14.3 Å². The molecule has 5 aromatic rings. The van der Waals surface area contributed by atoms with E-state index >= 15 is 0 Å². The molecule has 5 rings (SSSR count). The quantitative estimate of drug-likeness (QED) is 0.317. The number of hydrogen-bond acceptors (Lipinski definition) is 5. The Labute approximate surface area is 185 Å². The van der Waals surface area contributed by atoms with Gasteiger partial charge in [0, 0.05) is 12.3 Å². The minimum atomic E-state index is 0.0656. The van der Waals surface area contributed by atoms with Crippen molar-refractivity contribution in [3.63, 3.8) is 0 Å². The third kappa shape index (κ3) is 4.37. The van der Waals surface area contributed by atoms with E-state index in [-0.39, 0.29) is 5.75 Å². The minimum Gasteiger partial charge on any atom is -0.507 e. The fourth-order valence-corrected chi connectivity index (χ4v) is 3.31. The van der Waals surface area contributed by atoms with Crippen LogP contribution in [0.15, 0.2) is 106 Å². The average Bonchev–Trinajstić information content (AvgIpc) is 3.27. The average molecular weight is 420 g/mol. The molecule has 0 saturated carbocycles. The molecule has 0 unspecified atom stereocenters. The molecule has 1 heterocycles. The van der Waals surface area contributed by atoms with Crippen LogP contribution in [0.25, 0.3) is 22.6 Å². The molecule has 0 aliphatic heterocycles. The summed E-state index contributed by atoms with van der Waals surface area (Å²) in [4.78, 5) is 8.89. The third-order valence-electron chi connectivity index (χ3n) is 5.00. The van der Waals surface area contributed by atoms with Crippen LogP contribution >= 0.6 is 0 Å². The van der Waals surface area contributed by atoms with Gasteiger partial charge in [0.15, 0.2) is 5.58 Å². The summed E-state index contributed by atoms with van der Waals surface area (Å²) < 4.78 is 11.6. The number of aromatic hydroxyl groups is 1. The maximum absolute atomic E-state index is 10.5. The number of hydrogen-bond donors (Lipinski definition) is 1. The monoisotopic (exact) mass is 420 g/mol. The minimum absolute atomic E-state index is 0.0656. The lowest BCUT2D eigenvalue weighted by molar-refractivity contribution is 0.306. The van der Waals surface area contributed by atoms with Gasteiger partial charge in [-0.25, -0.2) is 4.98 Å². The molecule has 0 aliphatic rings. The molecule has 1 N–H and O–H groups in total. The van der Waals surface area contributed by atoms with Gasteiger partial charge in [-0.3, -0.25) is 4.99 Å². The molecule has 0 bridgehead atoms. The van der Waals surface area contributed by atoms with Gasteiger partial charge in [-0.05, 0) is 59.7 Å². The summed E-state index contributed by atoms with van der Waals surface area (Å²) in [5.74, 6) is 1.24. The van der Waals surface area contributed by atoms with Crippen LogP contribution in [0.3, 0.4) is 0 Å². The van der Waals surface area contributed by atoms with Gasteiger partial charge >= 0.3 is 0 Å². The molecule has 0 fully saturated rings. The number of ether oxygens (including phenoxy) is 1. The zero-order valence-electron chi connectivity index (χ0n) is 17.2. The summed E-state index contributed by atoms with van der Waals surface area (Å²) in [6.07, 6.45) is 1.74. The third-order valence-corrected chi connectivity index (χ3v) is 5.00. The summed E-state index contributed by atoms with van der Waals surface area (Å²) in [5, 5.41) is 10.5. The first-order chi connectivity index (χ1) is 15.7. The smallest absolute Gasteiger partial charge is 0.231 e. The van der Waals surface area contributed by atoms with Crippen molar-refractivity contribution in [1.29, 1.82) is 0 Å². The highest BCUT2D eigenvalue weighted by molar-refractivity contribution is 5.83. The van der Waals surface area contributed by atoms with Gasteiger partial charge in [-0.1, -0.05) is 42.5 Å². The fourth-order valence-electron chi connectivity index (χ4n) is 3.31. The van der Waals surface area contributed by atoms with E-state index in [1.165, 1.54) is 0 Å². The van der Waals surface area contributed by atoms with E-state index in [1.807, 2.05) is 84.9 Å². The Kier molecular flexibility index (Phi) is 5.37. The van der Waals surface area contributed by atoms with Crippen molar-refractivity contribution in [3.05, 3.63) is 108 Å². The van der Waals surface area contributed by atoms with Crippen LogP contribution in [0.5, 0.6) is 11.5 Å². The van der Waals surface area contributed by atoms with Crippen molar-refractivity contribution in [2.45, 2.75) is 6.61 Å². The first kappa shape index (κ1) is 19.6. The van der Waals surface area contributed by atoms with Gasteiger partial charge in [0.05, 0.1) is 11.3 Å². The predicted molar refractivity (Wildman–Crippen MR) is 126 cm³/mol. The zero-order valence-corrected chi connectivity index (χ0v) is 17.2. The first-order valence-corrected chi connectivity index (χ1v) is 10.2. The molecule has 4 aromatic carbocycles. The highest BCUT2D eigenvalue weighted by Gasteiger charge is 2.12. The molecule has 1 aromatic heterocycles. The van der Waals surface area contributed by atoms with Crippen LogP contribution in [0, 0.1) is 0 Å². The number of nitrogens with zero attached hydrogens (tertiary/aromatic N) is 2. The summed E-state index contributed by atoms with van der Waals surface area (Å²) in [6.45, 7) is 0.528. The number of para-hydroxylation sites is 2. The van der Waals surface area contributed by atoms with Gasteiger partial charge in [-0.2, -0.15) is 0 Å². The SMILES string of the molecule is Oc1cc(N=Cc2ccc(OCc3ccccc3)cc2)ccc1-c1nc2ccccc2o1. The van der Waals surface area contributed by atoms with Crippen LogP contribution in [-0.4, -0.2) is 16.3 Å². The summed E-state index contributed by atoms with van der Waals surface area (Å²) in [6, 6.07) is 30.4. The number of benzene rings is 4. The molecule has 5 heteroatoms. The Morgan fingerprint density at radius 3 is 2.44 bits per heavy atom. The number of phenols is 1. The Bertz CT molecular complexity index is 1340. The Morgan fingerprint density at radius 1 is 0.875 bits per heavy atom. The highest BCUT2D eigenvalue weighted by Crippen LogP contribution is 2.33. The normalized spacial score (nSPS) is 11.2. The van der Waals surface area contributed by atoms with Crippen LogP contribution in [0.2, 0.25) is 0 Å². The number of oxazole rings is 1. The van der Waals surface area contributed by atoms with Crippen LogP contribution in [0.1, 0.15) is 11.1 Å². The number of aromatic nitrogens is 1. The number of fused-ring (bicyclic) bond motifs is 1. The topological polar surface area (TPSA) is 67.9 Å². The fraction of sp³-hybridized carbons (Fsp3) is 0.0370. The number of phenolic OH excluding ortho intramolecular Hbond substituents is 1. The van der Waals surface area contributed by atoms with E-state index in [1.54, 1.807) is 18.3 Å². The number of aliphatic imine (C=N–C) groups is 1. The standard InChI is InChI=1S/C27H20N2O3/c30-25-16-21(12-15-23(25)27-29-24-8-4-5-9-26(24)32-27)28-17-19-10-13-22(14-11-19)31-18-20-6-2-1-3-7-20/h1-17,30H,18H2. The lowest BCUT2D eigenvalue weighted by Crippen LogP contribution is -1.94. The molecule has 0 spiro atoms. The largest absolute Gasteiger partial charge is 0.507 e. The molecular weight excluding hydrogens is 400 g/mol. The highest BCUT2D eigenvalue weighted by atomic mass is 16.5. The molecule has 0 aliphatic carbocycles. The van der Waals surface area contributed by atoms with Crippen LogP contribution in [-0.2, 0) is 6.61 Å². The van der Waals surface area contributed by atoms with Gasteiger partial charge in [0.2, 0.25) is 5.89 Å². The molecule has 32 heavy (non-hydrogen) atoms. The Morgan fingerprint density at radius 2 is 1.66 bits per heavy atom. The van der Waals surface area contributed by atoms with E-state index < -0.39 is 0 Å². The second kappa shape index (κ2) is 8.78. The predicted octanol–water partition coefficient (Wildman–Crippen LogP) is 6.53. The van der Waals surface area contributed by atoms with Crippen molar-refractivity contribution in [2.75, 3.05) is 0 Å². The molecule has 0 atom stereocenters. The van der Waals surface area contributed by atoms with Crippen molar-refractivity contribution in [2.24, 2.45) is 4.99 Å². The van der Waals surface area contributed by atoms with Crippen molar-refractivity contribution in [1.82, 2.24) is 4.98 Å². The van der Waals surface area contributed by atoms with Crippen molar-refractivity contribution >= 4 is 23.0 Å². The van der Waals surface area contributed by atoms with Gasteiger partial charge in [-0.15, -0.1) is 0 Å². The van der Waals surface area contributed by atoms with E-state index in [0.29, 0.717) is 29.3 Å². The van der Waals surface area contributed by atoms with Gasteiger partial charge < -0.3 is 14.3 Å². The second-order valence-corrected chi connectivity index (χ2v) is 7.29. The Hall–Kier alpha value is -4.38. The van der Waals surface area contributed by atoms with E-state index in [4.69, 9.17) is 9.15 Å². The lowest BCUT2D eigenvalue weighted by Gasteiger charge is -2.06. The van der Waals surface area contributed by atoms with Gasteiger partial charge in [0.25, 0.3) is 0 Å². The second-order valence-electron chi connectivity index (χ2n) is 7.29. The molecule has 0 saturated heterocycles. The first-order valence-electron chi connectivity index (χ1n) is 10.2. The van der Waals surface area contributed by atoms with E-state index in [2.05, 4.69) is 9.98 Å². The molecular formula is C27H20N2O3. The van der Waals surface area contributed by atoms with E-state index in [0.717, 1.165) is 22.4 Å². The zero-order chi connectivity index (χ0) is 21.8. The Balaban J connectivity index is 1.26. The molecule has 156 valence electrons. The maximum atomic E-state index is 10.5. The maximum Gasteiger partial charge on any atom is 0.231 e. The van der Waals surface area contributed by atoms with Gasteiger partial charge in [0.1, 0.15) is 23.6 Å². The van der Waals surface area contributed by atoms with E-state index in [9.17, 15) is 5.11 Å². The number of rotatable bonds is 6. The molecule has 0 radical (unpaired) electrons. The summed E-state index contributed by atoms with van der Waals surface area (Å²) in [7, 11) is 0. The molecule has 5 nitrogen and oxygen atoms in total. The lowest BCUT2D eigenvalue weighted by atomic mass is 10.2.